The van der Waals surface area contributed by atoms with Crippen LogP contribution in [0.15, 0.2) is 30.3 Å². The van der Waals surface area contributed by atoms with Crippen LogP contribution in [0.5, 0.6) is 0 Å². The second kappa shape index (κ2) is 9.09. The first-order valence-electron chi connectivity index (χ1n) is 6.96. The highest BCUT2D eigenvalue weighted by Crippen LogP contribution is 2.16. The monoisotopic (exact) mass is 278 g/mol. The fourth-order valence-electron chi connectivity index (χ4n) is 1.82. The molecule has 1 rings (SSSR count). The van der Waals surface area contributed by atoms with Crippen LogP contribution in [0.3, 0.4) is 0 Å². The van der Waals surface area contributed by atoms with Crippen molar-refractivity contribution in [3.8, 4) is 0 Å². The van der Waals surface area contributed by atoms with Crippen LogP contribution < -0.4 is 10.6 Å². The first-order valence-corrected chi connectivity index (χ1v) is 6.96. The van der Waals surface area contributed by atoms with E-state index >= 15 is 0 Å². The van der Waals surface area contributed by atoms with Gasteiger partial charge in [-0.2, -0.15) is 0 Å². The van der Waals surface area contributed by atoms with Crippen LogP contribution in [0.4, 0.5) is 10.5 Å². The Bertz CT molecular complexity index is 420. The molecule has 0 atom stereocenters. The number of nitrogens with two attached hydrogens (primary N) is 1. The standard InChI is InChI=1S/C15H22N2O3/c1-2-3-4-8-11-17(13-9-6-5-7-10-13)15(19)20-14(18)12-16/h5-7,9-10H,2-4,8,11-12,16H2,1H3. The third-order valence-electron chi connectivity index (χ3n) is 2.89. The van der Waals surface area contributed by atoms with E-state index < -0.39 is 12.1 Å². The molecule has 110 valence electrons. The normalized spacial score (nSPS) is 10.1. The van der Waals surface area contributed by atoms with E-state index in [0.29, 0.717) is 6.54 Å². The molecular formula is C15H22N2O3. The van der Waals surface area contributed by atoms with Gasteiger partial charge in [0.05, 0.1) is 6.54 Å². The predicted molar refractivity (Wildman–Crippen MR) is 78.5 cm³/mol. The van der Waals surface area contributed by atoms with Crippen molar-refractivity contribution in [2.24, 2.45) is 5.73 Å². The van der Waals surface area contributed by atoms with E-state index in [-0.39, 0.29) is 6.54 Å². The number of unbranched alkanes of at least 4 members (excludes halogenated alkanes) is 3. The van der Waals surface area contributed by atoms with Gasteiger partial charge >= 0.3 is 12.1 Å². The molecule has 1 aromatic carbocycles. The van der Waals surface area contributed by atoms with Crippen molar-refractivity contribution in [1.82, 2.24) is 0 Å². The lowest BCUT2D eigenvalue weighted by Gasteiger charge is -2.21. The van der Waals surface area contributed by atoms with Gasteiger partial charge in [-0.1, -0.05) is 44.4 Å². The number of hydrogen-bond acceptors (Lipinski definition) is 4. The number of ether oxygens (including phenoxy) is 1. The smallest absolute Gasteiger partial charge is 0.375 e. The molecule has 0 bridgehead atoms. The Labute approximate surface area is 119 Å². The SMILES string of the molecule is CCCCCCN(C(=O)OC(=O)CN)c1ccccc1. The Morgan fingerprint density at radius 3 is 2.45 bits per heavy atom. The van der Waals surface area contributed by atoms with E-state index in [1.807, 2.05) is 30.3 Å². The number of nitrogens with zero attached hydrogens (tertiary/aromatic N) is 1. The Morgan fingerprint density at radius 1 is 1.15 bits per heavy atom. The van der Waals surface area contributed by atoms with Crippen LogP contribution in [0, 0.1) is 0 Å². The molecule has 0 fully saturated rings. The molecule has 1 aromatic rings. The zero-order chi connectivity index (χ0) is 14.8. The van der Waals surface area contributed by atoms with Gasteiger partial charge in [-0.3, -0.25) is 9.69 Å². The quantitative estimate of drug-likeness (QED) is 0.473. The molecule has 0 aliphatic carbocycles. The number of para-hydroxylation sites is 1. The highest BCUT2D eigenvalue weighted by Gasteiger charge is 2.19. The summed E-state index contributed by atoms with van der Waals surface area (Å²) in [6.45, 7) is 2.36. The zero-order valence-corrected chi connectivity index (χ0v) is 11.9. The summed E-state index contributed by atoms with van der Waals surface area (Å²) in [5.41, 5.74) is 5.87. The van der Waals surface area contributed by atoms with Gasteiger partial charge in [-0.25, -0.2) is 4.79 Å². The average molecular weight is 278 g/mol. The van der Waals surface area contributed by atoms with Crippen molar-refractivity contribution in [3.05, 3.63) is 30.3 Å². The largest absolute Gasteiger partial charge is 0.422 e. The third-order valence-corrected chi connectivity index (χ3v) is 2.89. The van der Waals surface area contributed by atoms with E-state index in [2.05, 4.69) is 6.92 Å². The van der Waals surface area contributed by atoms with Gasteiger partial charge in [0, 0.05) is 12.2 Å². The molecule has 5 nitrogen and oxygen atoms in total. The summed E-state index contributed by atoms with van der Waals surface area (Å²) in [6, 6.07) is 9.18. The van der Waals surface area contributed by atoms with Crippen LogP contribution in [-0.2, 0) is 9.53 Å². The summed E-state index contributed by atoms with van der Waals surface area (Å²) < 4.78 is 4.70. The summed E-state index contributed by atoms with van der Waals surface area (Å²) in [5.74, 6) is -0.718. The van der Waals surface area contributed by atoms with Gasteiger partial charge in [0.25, 0.3) is 0 Å². The van der Waals surface area contributed by atoms with Crippen molar-refractivity contribution in [3.63, 3.8) is 0 Å². The number of anilines is 1. The van der Waals surface area contributed by atoms with Crippen molar-refractivity contribution in [2.75, 3.05) is 18.0 Å². The molecule has 0 aliphatic rings. The van der Waals surface area contributed by atoms with Gasteiger partial charge < -0.3 is 10.5 Å². The summed E-state index contributed by atoms with van der Waals surface area (Å²) in [7, 11) is 0. The van der Waals surface area contributed by atoms with Crippen molar-refractivity contribution in [2.45, 2.75) is 32.6 Å². The molecule has 0 radical (unpaired) electrons. The highest BCUT2D eigenvalue weighted by molar-refractivity contribution is 5.95. The molecular weight excluding hydrogens is 256 g/mol. The Hall–Kier alpha value is -1.88. The van der Waals surface area contributed by atoms with Gasteiger partial charge in [-0.05, 0) is 18.6 Å². The molecule has 0 aromatic heterocycles. The lowest BCUT2D eigenvalue weighted by molar-refractivity contribution is -0.135. The molecule has 0 aliphatic heterocycles. The Morgan fingerprint density at radius 2 is 1.85 bits per heavy atom. The van der Waals surface area contributed by atoms with E-state index in [1.165, 1.54) is 4.90 Å². The number of amides is 1. The first kappa shape index (κ1) is 16.2. The molecule has 0 saturated heterocycles. The highest BCUT2D eigenvalue weighted by atomic mass is 16.6. The van der Waals surface area contributed by atoms with Crippen LogP contribution in [0.1, 0.15) is 32.6 Å². The van der Waals surface area contributed by atoms with Gasteiger partial charge in [0.1, 0.15) is 0 Å². The van der Waals surface area contributed by atoms with E-state index in [0.717, 1.165) is 31.4 Å². The maximum absolute atomic E-state index is 12.0. The minimum atomic E-state index is -0.718. The van der Waals surface area contributed by atoms with Crippen molar-refractivity contribution in [1.29, 1.82) is 0 Å². The fraction of sp³-hybridized carbons (Fsp3) is 0.467. The van der Waals surface area contributed by atoms with Gasteiger partial charge in [0.2, 0.25) is 0 Å². The van der Waals surface area contributed by atoms with Crippen molar-refractivity contribution < 1.29 is 14.3 Å². The molecule has 0 spiro atoms. The average Bonchev–Trinajstić information content (AvgIpc) is 2.48. The zero-order valence-electron chi connectivity index (χ0n) is 11.9. The summed E-state index contributed by atoms with van der Waals surface area (Å²) in [4.78, 5) is 24.6. The van der Waals surface area contributed by atoms with Crippen LogP contribution in [0.25, 0.3) is 0 Å². The summed E-state index contributed by atoms with van der Waals surface area (Å²) in [5, 5.41) is 0. The number of benzene rings is 1. The van der Waals surface area contributed by atoms with Gasteiger partial charge in [-0.15, -0.1) is 0 Å². The molecule has 0 heterocycles. The second-order valence-corrected chi connectivity index (χ2v) is 4.49. The minimum absolute atomic E-state index is 0.301. The molecule has 0 saturated carbocycles. The molecule has 1 amide bonds. The molecule has 5 heteroatoms. The number of rotatable bonds is 7. The van der Waals surface area contributed by atoms with Crippen LogP contribution in [0.2, 0.25) is 0 Å². The minimum Gasteiger partial charge on any atom is -0.375 e. The van der Waals surface area contributed by atoms with Gasteiger partial charge in [0.15, 0.2) is 0 Å². The third kappa shape index (κ3) is 5.40. The topological polar surface area (TPSA) is 72.6 Å². The predicted octanol–water partition coefficient (Wildman–Crippen LogP) is 2.70. The van der Waals surface area contributed by atoms with Crippen LogP contribution in [-0.4, -0.2) is 25.2 Å². The maximum atomic E-state index is 12.0. The van der Waals surface area contributed by atoms with Crippen molar-refractivity contribution >= 4 is 17.7 Å². The maximum Gasteiger partial charge on any atom is 0.422 e. The molecule has 0 unspecified atom stereocenters. The summed E-state index contributed by atoms with van der Waals surface area (Å²) in [6.07, 6.45) is 3.50. The summed E-state index contributed by atoms with van der Waals surface area (Å²) >= 11 is 0. The number of carbonyl (C=O) groups excluding carboxylic acids is 2. The van der Waals surface area contributed by atoms with Crippen LogP contribution >= 0.6 is 0 Å². The molecule has 2 N–H and O–H groups in total. The number of hydrogen-bond donors (Lipinski definition) is 1. The number of carbonyl (C=O) groups is 2. The Kier molecular flexibility index (Phi) is 7.35. The van der Waals surface area contributed by atoms with E-state index in [9.17, 15) is 9.59 Å². The van der Waals surface area contributed by atoms with E-state index in [1.54, 1.807) is 0 Å². The fourth-order valence-corrected chi connectivity index (χ4v) is 1.82. The van der Waals surface area contributed by atoms with E-state index in [4.69, 9.17) is 10.5 Å². The molecule has 20 heavy (non-hydrogen) atoms. The Balaban J connectivity index is 2.68. The second-order valence-electron chi connectivity index (χ2n) is 4.49. The lowest BCUT2D eigenvalue weighted by atomic mass is 10.2. The number of esters is 1. The first-order chi connectivity index (χ1) is 9.69. The lowest BCUT2D eigenvalue weighted by Crippen LogP contribution is -2.35.